The van der Waals surface area contributed by atoms with Crippen molar-refractivity contribution in [2.75, 3.05) is 6.54 Å². The fourth-order valence-electron chi connectivity index (χ4n) is 3.01. The third-order valence-electron chi connectivity index (χ3n) is 4.76. The molecule has 0 spiro atoms. The molecule has 3 aromatic rings. The molecular weight excluding hydrogens is 499 g/mol. The fourth-order valence-corrected chi connectivity index (χ4v) is 4.44. The molecule has 3 N–H and O–H groups in total. The van der Waals surface area contributed by atoms with Gasteiger partial charge in [0.15, 0.2) is 5.78 Å². The summed E-state index contributed by atoms with van der Waals surface area (Å²) >= 11 is 13.6. The highest BCUT2D eigenvalue weighted by molar-refractivity contribution is 7.99. The molecule has 1 atom stereocenters. The lowest BCUT2D eigenvalue weighted by atomic mass is 10.1. The Labute approximate surface area is 211 Å². The Morgan fingerprint density at radius 3 is 2.53 bits per heavy atom. The number of nitrogens with one attached hydrogen (secondary N) is 1. The molecule has 1 heterocycles. The van der Waals surface area contributed by atoms with Gasteiger partial charge in [0.2, 0.25) is 5.16 Å². The first-order valence-corrected chi connectivity index (χ1v) is 12.1. The Hall–Kier alpha value is -2.66. The van der Waals surface area contributed by atoms with E-state index >= 15 is 0 Å². The minimum Gasteiger partial charge on any atom is -0.445 e. The lowest BCUT2D eigenvalue weighted by Crippen LogP contribution is -2.42. The summed E-state index contributed by atoms with van der Waals surface area (Å²) in [5.74, 6) is -0.270. The van der Waals surface area contributed by atoms with E-state index in [1.807, 2.05) is 30.3 Å². The molecule has 1 amide bonds. The number of hydrogen-bond acceptors (Lipinski definition) is 8. The molecule has 34 heavy (non-hydrogen) atoms. The number of nitrogens with two attached hydrogens (primary N) is 1. The summed E-state index contributed by atoms with van der Waals surface area (Å²) in [5.41, 5.74) is 6.42. The second-order valence-corrected chi connectivity index (χ2v) is 9.07. The number of aromatic nitrogens is 4. The van der Waals surface area contributed by atoms with Crippen LogP contribution >= 0.6 is 35.0 Å². The van der Waals surface area contributed by atoms with Crippen LogP contribution in [0.4, 0.5) is 4.79 Å². The van der Waals surface area contributed by atoms with E-state index in [2.05, 4.69) is 20.8 Å². The Kier molecular flexibility index (Phi) is 10.1. The lowest BCUT2D eigenvalue weighted by Gasteiger charge is -2.18. The van der Waals surface area contributed by atoms with E-state index in [0.717, 1.165) is 23.7 Å². The van der Waals surface area contributed by atoms with Gasteiger partial charge in [-0.05, 0) is 65.7 Å². The number of amides is 1. The van der Waals surface area contributed by atoms with Crippen LogP contribution < -0.4 is 11.1 Å². The number of nitrogens with zero attached hydrogens (tertiary/aromatic N) is 4. The summed E-state index contributed by atoms with van der Waals surface area (Å²) in [4.78, 5) is 26.0. The largest absolute Gasteiger partial charge is 0.445 e. The average molecular weight is 523 g/mol. The van der Waals surface area contributed by atoms with Crippen LogP contribution in [0.3, 0.4) is 0 Å². The fraction of sp³-hybridized carbons (Fsp3) is 0.318. The van der Waals surface area contributed by atoms with E-state index in [1.54, 1.807) is 18.2 Å². The van der Waals surface area contributed by atoms with Crippen molar-refractivity contribution in [1.82, 2.24) is 25.5 Å². The zero-order valence-electron chi connectivity index (χ0n) is 18.2. The van der Waals surface area contributed by atoms with Crippen LogP contribution in [-0.4, -0.2) is 44.7 Å². The summed E-state index contributed by atoms with van der Waals surface area (Å²) in [6.45, 7) is 0.443. The molecule has 0 aliphatic carbocycles. The zero-order valence-corrected chi connectivity index (χ0v) is 20.5. The van der Waals surface area contributed by atoms with E-state index in [0.29, 0.717) is 39.5 Å². The minimum absolute atomic E-state index is 0.1000. The molecule has 180 valence electrons. The predicted molar refractivity (Wildman–Crippen MR) is 130 cm³/mol. The first-order chi connectivity index (χ1) is 16.5. The van der Waals surface area contributed by atoms with Gasteiger partial charge in [-0.2, -0.15) is 0 Å². The molecule has 2 aromatic carbocycles. The molecule has 1 unspecified atom stereocenters. The Morgan fingerprint density at radius 1 is 1.09 bits per heavy atom. The third-order valence-corrected chi connectivity index (χ3v) is 6.73. The van der Waals surface area contributed by atoms with Gasteiger partial charge < -0.3 is 15.8 Å². The highest BCUT2D eigenvalue weighted by Gasteiger charge is 2.24. The van der Waals surface area contributed by atoms with Crippen LogP contribution in [0.15, 0.2) is 58.6 Å². The number of Topliss-reactive ketones (excluding diaryl/α,β-unsaturated/α-hetero) is 1. The topological polar surface area (TPSA) is 125 Å². The summed E-state index contributed by atoms with van der Waals surface area (Å²) < 4.78 is 6.62. The van der Waals surface area contributed by atoms with Gasteiger partial charge in [-0.3, -0.25) is 4.79 Å². The molecule has 0 saturated carbocycles. The Morgan fingerprint density at radius 2 is 1.82 bits per heavy atom. The number of ketones is 1. The number of rotatable bonds is 12. The standard InChI is InChI=1S/C22H24Cl2N6O3S/c23-16-9-6-10-17(24)20(16)34-21-27-28-29-30(21)13-19(31)18(11-4-5-12-25)26-22(32)33-14-15-7-2-1-3-8-15/h1-3,6-10,18H,4-5,11-14,25H2,(H,26,32). The Bertz CT molecular complexity index is 1080. The maximum atomic E-state index is 13.1. The SMILES string of the molecule is NCCCCC(NC(=O)OCc1ccccc1)C(=O)Cn1nnnc1Sc1c(Cl)cccc1Cl. The second-order valence-electron chi connectivity index (χ2n) is 7.28. The maximum Gasteiger partial charge on any atom is 0.408 e. The van der Waals surface area contributed by atoms with Gasteiger partial charge in [-0.15, -0.1) is 5.10 Å². The number of carbonyl (C=O) groups excluding carboxylic acids is 2. The normalized spacial score (nSPS) is 11.7. The molecule has 0 bridgehead atoms. The van der Waals surface area contributed by atoms with Crippen LogP contribution in [0.1, 0.15) is 24.8 Å². The summed E-state index contributed by atoms with van der Waals surface area (Å²) in [6.07, 6.45) is 1.13. The van der Waals surface area contributed by atoms with E-state index in [4.69, 9.17) is 33.7 Å². The molecule has 1 aromatic heterocycles. The van der Waals surface area contributed by atoms with Gasteiger partial charge in [-0.1, -0.05) is 59.6 Å². The number of ether oxygens (including phenoxy) is 1. The third kappa shape index (κ3) is 7.69. The average Bonchev–Trinajstić information content (AvgIpc) is 3.26. The number of tetrazole rings is 1. The van der Waals surface area contributed by atoms with E-state index < -0.39 is 12.1 Å². The van der Waals surface area contributed by atoms with E-state index in [-0.39, 0.29) is 18.9 Å². The first-order valence-electron chi connectivity index (χ1n) is 10.6. The number of hydrogen-bond donors (Lipinski definition) is 2. The molecule has 12 heteroatoms. The van der Waals surface area contributed by atoms with Crippen LogP contribution in [0, 0.1) is 0 Å². The minimum atomic E-state index is -0.777. The summed E-state index contributed by atoms with van der Waals surface area (Å²) in [7, 11) is 0. The number of halogens is 2. The van der Waals surface area contributed by atoms with Gasteiger partial charge in [0.1, 0.15) is 13.2 Å². The van der Waals surface area contributed by atoms with Gasteiger partial charge in [-0.25, -0.2) is 9.48 Å². The van der Waals surface area contributed by atoms with Crippen molar-refractivity contribution < 1.29 is 14.3 Å². The number of benzene rings is 2. The zero-order chi connectivity index (χ0) is 24.3. The lowest BCUT2D eigenvalue weighted by molar-refractivity contribution is -0.122. The van der Waals surface area contributed by atoms with Gasteiger partial charge in [0.25, 0.3) is 0 Å². The summed E-state index contributed by atoms with van der Waals surface area (Å²) in [5, 5.41) is 15.4. The van der Waals surface area contributed by atoms with Crippen LogP contribution in [0.2, 0.25) is 10.0 Å². The molecule has 0 aliphatic rings. The van der Waals surface area contributed by atoms with Crippen molar-refractivity contribution in [1.29, 1.82) is 0 Å². The molecule has 9 nitrogen and oxygen atoms in total. The van der Waals surface area contributed by atoms with Gasteiger partial charge in [0.05, 0.1) is 21.0 Å². The van der Waals surface area contributed by atoms with Crippen LogP contribution in [0.5, 0.6) is 0 Å². The Balaban J connectivity index is 1.65. The molecule has 0 saturated heterocycles. The van der Waals surface area contributed by atoms with Crippen molar-refractivity contribution >= 4 is 46.8 Å². The van der Waals surface area contributed by atoms with Crippen molar-refractivity contribution in [2.45, 2.75) is 48.5 Å². The van der Waals surface area contributed by atoms with Gasteiger partial charge in [0, 0.05) is 0 Å². The van der Waals surface area contributed by atoms with Crippen LogP contribution in [-0.2, 0) is 22.7 Å². The number of unbranched alkanes of at least 4 members (excludes halogenated alkanes) is 1. The quantitative estimate of drug-likeness (QED) is 0.340. The van der Waals surface area contributed by atoms with E-state index in [9.17, 15) is 9.59 Å². The molecule has 0 fully saturated rings. The number of alkyl carbamates (subject to hydrolysis) is 1. The second kappa shape index (κ2) is 13.3. The van der Waals surface area contributed by atoms with E-state index in [1.165, 1.54) is 4.68 Å². The van der Waals surface area contributed by atoms with Crippen LogP contribution in [0.25, 0.3) is 0 Å². The first kappa shape index (κ1) is 26.0. The highest BCUT2D eigenvalue weighted by Crippen LogP contribution is 2.37. The summed E-state index contributed by atoms with van der Waals surface area (Å²) in [6, 6.07) is 13.6. The monoisotopic (exact) mass is 522 g/mol. The maximum absolute atomic E-state index is 13.1. The van der Waals surface area contributed by atoms with Crippen molar-refractivity contribution in [3.05, 3.63) is 64.1 Å². The highest BCUT2D eigenvalue weighted by atomic mass is 35.5. The predicted octanol–water partition coefficient (Wildman–Crippen LogP) is 4.12. The van der Waals surface area contributed by atoms with Crippen molar-refractivity contribution in [2.24, 2.45) is 5.73 Å². The molecule has 3 rings (SSSR count). The van der Waals surface area contributed by atoms with Crippen molar-refractivity contribution in [3.63, 3.8) is 0 Å². The van der Waals surface area contributed by atoms with Gasteiger partial charge >= 0.3 is 6.09 Å². The number of carbonyl (C=O) groups is 2. The van der Waals surface area contributed by atoms with Crippen molar-refractivity contribution in [3.8, 4) is 0 Å². The molecule has 0 aliphatic heterocycles. The smallest absolute Gasteiger partial charge is 0.408 e. The molecule has 0 radical (unpaired) electrons. The molecular formula is C22H24Cl2N6O3S.